The number of nitrogens with zero attached hydrogens (tertiary/aromatic N) is 3. The van der Waals surface area contributed by atoms with Gasteiger partial charge in [-0.2, -0.15) is 5.26 Å². The van der Waals surface area contributed by atoms with E-state index in [4.69, 9.17) is 13.9 Å². The fourth-order valence-corrected chi connectivity index (χ4v) is 4.02. The normalized spacial score (nSPS) is 13.8. The largest absolute Gasteiger partial charge is 0.497 e. The molecule has 2 aromatic heterocycles. The number of hydrogen-bond donors (Lipinski definition) is 0. The van der Waals surface area contributed by atoms with Crippen LogP contribution in [0.3, 0.4) is 0 Å². The second kappa shape index (κ2) is 6.80. The molecule has 0 saturated carbocycles. The molecule has 0 fully saturated rings. The maximum Gasteiger partial charge on any atom is 0.207 e. The zero-order chi connectivity index (χ0) is 20.0. The molecule has 1 aliphatic rings. The molecule has 0 spiro atoms. The van der Waals surface area contributed by atoms with Gasteiger partial charge in [-0.3, -0.25) is 9.88 Å². The monoisotopic (exact) mass is 385 g/mol. The number of aryl methyl sites for hydroxylation is 1. The molecule has 0 atom stereocenters. The fourth-order valence-electron chi connectivity index (χ4n) is 4.02. The number of furan rings is 1. The number of methoxy groups -OCH3 is 1. The lowest BCUT2D eigenvalue weighted by atomic mass is 9.99. The van der Waals surface area contributed by atoms with E-state index in [1.54, 1.807) is 13.3 Å². The molecule has 3 heterocycles. The third-order valence-electron chi connectivity index (χ3n) is 5.43. The summed E-state index contributed by atoms with van der Waals surface area (Å²) >= 11 is 0. The van der Waals surface area contributed by atoms with E-state index in [0.29, 0.717) is 24.6 Å². The number of hydrogen-bond acceptors (Lipinski definition) is 6. The van der Waals surface area contributed by atoms with E-state index in [0.717, 1.165) is 45.5 Å². The molecule has 0 saturated heterocycles. The van der Waals surface area contributed by atoms with Gasteiger partial charge in [0, 0.05) is 41.2 Å². The maximum absolute atomic E-state index is 9.47. The first kappa shape index (κ1) is 17.5. The molecule has 144 valence electrons. The van der Waals surface area contributed by atoms with Crippen LogP contribution in [0.15, 0.2) is 47.0 Å². The van der Waals surface area contributed by atoms with Crippen LogP contribution < -0.4 is 9.47 Å². The van der Waals surface area contributed by atoms with E-state index in [-0.39, 0.29) is 0 Å². The smallest absolute Gasteiger partial charge is 0.207 e. The highest BCUT2D eigenvalue weighted by atomic mass is 16.5. The van der Waals surface area contributed by atoms with Crippen LogP contribution in [-0.4, -0.2) is 23.7 Å². The Kier molecular flexibility index (Phi) is 4.11. The van der Waals surface area contributed by atoms with Crippen LogP contribution in [-0.2, 0) is 13.1 Å². The van der Waals surface area contributed by atoms with Crippen molar-refractivity contribution in [1.82, 2.24) is 9.88 Å². The van der Waals surface area contributed by atoms with E-state index in [9.17, 15) is 5.26 Å². The molecule has 0 N–H and O–H groups in total. The van der Waals surface area contributed by atoms with Crippen molar-refractivity contribution < 1.29 is 13.9 Å². The summed E-state index contributed by atoms with van der Waals surface area (Å²) in [6, 6.07) is 14.0. The van der Waals surface area contributed by atoms with Gasteiger partial charge in [-0.05, 0) is 36.8 Å². The van der Waals surface area contributed by atoms with E-state index in [1.807, 2.05) is 31.2 Å². The van der Waals surface area contributed by atoms with Crippen molar-refractivity contribution >= 4 is 21.9 Å². The molecule has 2 aromatic carbocycles. The van der Waals surface area contributed by atoms with Gasteiger partial charge in [-0.25, -0.2) is 0 Å². The Bertz CT molecular complexity index is 1270. The number of benzene rings is 2. The average molecular weight is 385 g/mol. The van der Waals surface area contributed by atoms with Crippen molar-refractivity contribution in [1.29, 1.82) is 5.26 Å². The Morgan fingerprint density at radius 1 is 1.24 bits per heavy atom. The van der Waals surface area contributed by atoms with Crippen LogP contribution in [0.25, 0.3) is 21.9 Å². The summed E-state index contributed by atoms with van der Waals surface area (Å²) in [6.07, 6.45) is 1.75. The van der Waals surface area contributed by atoms with E-state index in [1.165, 1.54) is 5.56 Å². The molecular weight excluding hydrogens is 366 g/mol. The summed E-state index contributed by atoms with van der Waals surface area (Å²) < 4.78 is 17.3. The zero-order valence-electron chi connectivity index (χ0n) is 16.2. The standard InChI is InChI=1S/C23H19N3O3/c1-14-19(10-24)29-22-17-4-3-9-25-21(17)23-18(20(14)22)12-26(13-28-23)11-15-5-7-16(27-2)8-6-15/h3-9H,11-13H2,1-2H3. The summed E-state index contributed by atoms with van der Waals surface area (Å²) in [6.45, 7) is 3.83. The SMILES string of the molecule is COc1ccc(CN2COc3c(c4c(C)c(C#N)oc4c4cccnc34)C2)cc1. The minimum atomic E-state index is 0.339. The number of pyridine rings is 1. The fraction of sp³-hybridized carbons (Fsp3) is 0.217. The predicted molar refractivity (Wildman–Crippen MR) is 109 cm³/mol. The van der Waals surface area contributed by atoms with Gasteiger partial charge in [0.1, 0.15) is 29.6 Å². The van der Waals surface area contributed by atoms with Gasteiger partial charge in [0.2, 0.25) is 5.76 Å². The van der Waals surface area contributed by atoms with Crippen LogP contribution in [0.4, 0.5) is 0 Å². The highest BCUT2D eigenvalue weighted by Crippen LogP contribution is 2.43. The van der Waals surface area contributed by atoms with Crippen LogP contribution in [0.1, 0.15) is 22.5 Å². The van der Waals surface area contributed by atoms with Gasteiger partial charge in [-0.15, -0.1) is 0 Å². The topological polar surface area (TPSA) is 71.5 Å². The molecule has 6 heteroatoms. The van der Waals surface area contributed by atoms with Crippen LogP contribution >= 0.6 is 0 Å². The van der Waals surface area contributed by atoms with E-state index >= 15 is 0 Å². The molecule has 0 aliphatic carbocycles. The van der Waals surface area contributed by atoms with Gasteiger partial charge in [-0.1, -0.05) is 12.1 Å². The average Bonchev–Trinajstić information content (AvgIpc) is 3.11. The van der Waals surface area contributed by atoms with Gasteiger partial charge in [0.15, 0.2) is 5.75 Å². The van der Waals surface area contributed by atoms with Crippen molar-refractivity contribution in [2.45, 2.75) is 20.0 Å². The molecule has 0 radical (unpaired) electrons. The molecule has 0 bridgehead atoms. The van der Waals surface area contributed by atoms with Crippen molar-refractivity contribution in [3.8, 4) is 17.6 Å². The third-order valence-corrected chi connectivity index (χ3v) is 5.43. The van der Waals surface area contributed by atoms with Crippen molar-refractivity contribution in [2.75, 3.05) is 13.8 Å². The first-order chi connectivity index (χ1) is 14.2. The highest BCUT2D eigenvalue weighted by molar-refractivity contribution is 6.09. The number of ether oxygens (including phenoxy) is 2. The lowest BCUT2D eigenvalue weighted by molar-refractivity contribution is 0.0910. The summed E-state index contributed by atoms with van der Waals surface area (Å²) in [5.41, 5.74) is 4.52. The van der Waals surface area contributed by atoms with Crippen molar-refractivity contribution in [3.63, 3.8) is 0 Å². The zero-order valence-corrected chi connectivity index (χ0v) is 16.2. The number of rotatable bonds is 3. The minimum Gasteiger partial charge on any atom is -0.497 e. The Hall–Kier alpha value is -3.56. The lowest BCUT2D eigenvalue weighted by Crippen LogP contribution is -2.31. The highest BCUT2D eigenvalue weighted by Gasteiger charge is 2.27. The second-order valence-corrected chi connectivity index (χ2v) is 7.19. The summed E-state index contributed by atoms with van der Waals surface area (Å²) in [7, 11) is 1.66. The van der Waals surface area contributed by atoms with Crippen molar-refractivity contribution in [2.24, 2.45) is 0 Å². The van der Waals surface area contributed by atoms with E-state index < -0.39 is 0 Å². The Morgan fingerprint density at radius 2 is 2.07 bits per heavy atom. The molecule has 4 aromatic rings. The third kappa shape index (κ3) is 2.79. The first-order valence-corrected chi connectivity index (χ1v) is 9.40. The molecule has 0 unspecified atom stereocenters. The van der Waals surface area contributed by atoms with Crippen LogP contribution in [0.2, 0.25) is 0 Å². The lowest BCUT2D eigenvalue weighted by Gasteiger charge is -2.30. The van der Waals surface area contributed by atoms with Gasteiger partial charge >= 0.3 is 0 Å². The Balaban J connectivity index is 1.60. The molecular formula is C23H19N3O3. The molecule has 1 aliphatic heterocycles. The van der Waals surface area contributed by atoms with Gasteiger partial charge < -0.3 is 13.9 Å². The van der Waals surface area contributed by atoms with E-state index in [2.05, 4.69) is 28.1 Å². The van der Waals surface area contributed by atoms with Crippen molar-refractivity contribution in [3.05, 3.63) is 65.0 Å². The van der Waals surface area contributed by atoms with Gasteiger partial charge in [0.05, 0.1) is 7.11 Å². The first-order valence-electron chi connectivity index (χ1n) is 9.40. The molecule has 0 amide bonds. The summed E-state index contributed by atoms with van der Waals surface area (Å²) in [5.74, 6) is 1.96. The molecule has 6 nitrogen and oxygen atoms in total. The second-order valence-electron chi connectivity index (χ2n) is 7.19. The quantitative estimate of drug-likeness (QED) is 0.516. The van der Waals surface area contributed by atoms with Crippen LogP contribution in [0.5, 0.6) is 11.5 Å². The summed E-state index contributed by atoms with van der Waals surface area (Å²) in [4.78, 5) is 6.76. The number of nitriles is 1. The predicted octanol–water partition coefficient (Wildman–Crippen LogP) is 4.52. The molecule has 5 rings (SSSR count). The summed E-state index contributed by atoms with van der Waals surface area (Å²) in [5, 5.41) is 11.3. The maximum atomic E-state index is 9.47. The van der Waals surface area contributed by atoms with Gasteiger partial charge in [0.25, 0.3) is 0 Å². The Labute approximate surface area is 167 Å². The Morgan fingerprint density at radius 3 is 2.83 bits per heavy atom. The number of aromatic nitrogens is 1. The minimum absolute atomic E-state index is 0.339. The number of fused-ring (bicyclic) bond motifs is 6. The molecule has 29 heavy (non-hydrogen) atoms. The van der Waals surface area contributed by atoms with Crippen LogP contribution in [0, 0.1) is 18.3 Å².